The Labute approximate surface area is 116 Å². The molecule has 1 aliphatic heterocycles. The third-order valence-corrected chi connectivity index (χ3v) is 3.06. The van der Waals surface area contributed by atoms with E-state index in [4.69, 9.17) is 9.84 Å². The average Bonchev–Trinajstić information content (AvgIpc) is 2.46. The van der Waals surface area contributed by atoms with Crippen LogP contribution in [0.25, 0.3) is 0 Å². The van der Waals surface area contributed by atoms with Gasteiger partial charge in [-0.2, -0.15) is 0 Å². The first-order valence-corrected chi connectivity index (χ1v) is 6.47. The Morgan fingerprint density at radius 1 is 1.50 bits per heavy atom. The summed E-state index contributed by atoms with van der Waals surface area (Å²) in [6, 6.07) is 2.63. The smallest absolute Gasteiger partial charge is 0.356 e. The van der Waals surface area contributed by atoms with Gasteiger partial charge in [0.05, 0.1) is 12.3 Å². The lowest BCUT2D eigenvalue weighted by Crippen LogP contribution is -2.36. The summed E-state index contributed by atoms with van der Waals surface area (Å²) in [5, 5.41) is 14.2. The third kappa shape index (κ3) is 3.92. The minimum Gasteiger partial charge on any atom is -0.476 e. The molecule has 2 rings (SSSR count). The van der Waals surface area contributed by atoms with E-state index in [2.05, 4.69) is 15.6 Å². The predicted molar refractivity (Wildman–Crippen MR) is 71.8 cm³/mol. The monoisotopic (exact) mass is 279 g/mol. The van der Waals surface area contributed by atoms with Gasteiger partial charge in [-0.25, -0.2) is 14.6 Å². The number of anilines is 1. The molecule has 0 aliphatic carbocycles. The van der Waals surface area contributed by atoms with Crippen LogP contribution >= 0.6 is 0 Å². The molecule has 1 unspecified atom stereocenters. The second-order valence-corrected chi connectivity index (χ2v) is 4.62. The van der Waals surface area contributed by atoms with Gasteiger partial charge in [-0.05, 0) is 30.9 Å². The number of amides is 2. The van der Waals surface area contributed by atoms with Gasteiger partial charge in [0.15, 0.2) is 5.69 Å². The van der Waals surface area contributed by atoms with E-state index in [1.165, 1.54) is 12.3 Å². The van der Waals surface area contributed by atoms with Crippen LogP contribution in [0.3, 0.4) is 0 Å². The number of pyridine rings is 1. The summed E-state index contributed by atoms with van der Waals surface area (Å²) in [4.78, 5) is 26.4. The van der Waals surface area contributed by atoms with Crippen molar-refractivity contribution >= 4 is 17.7 Å². The van der Waals surface area contributed by atoms with Gasteiger partial charge in [0.1, 0.15) is 0 Å². The molecule has 20 heavy (non-hydrogen) atoms. The molecule has 1 saturated heterocycles. The van der Waals surface area contributed by atoms with E-state index in [9.17, 15) is 9.59 Å². The highest BCUT2D eigenvalue weighted by Gasteiger charge is 2.16. The normalized spacial score (nSPS) is 18.3. The third-order valence-electron chi connectivity index (χ3n) is 3.06. The molecule has 1 aliphatic rings. The van der Waals surface area contributed by atoms with E-state index in [0.29, 0.717) is 19.1 Å². The quantitative estimate of drug-likeness (QED) is 0.772. The molecule has 1 fully saturated rings. The number of nitrogens with zero attached hydrogens (tertiary/aromatic N) is 1. The molecule has 0 aromatic carbocycles. The number of carbonyl (C=O) groups is 2. The Morgan fingerprint density at radius 3 is 3.05 bits per heavy atom. The maximum atomic E-state index is 11.7. The number of hydrogen-bond acceptors (Lipinski definition) is 4. The lowest BCUT2D eigenvalue weighted by molar-refractivity contribution is 0.0559. The van der Waals surface area contributed by atoms with Crippen molar-refractivity contribution in [2.24, 2.45) is 5.92 Å². The first-order chi connectivity index (χ1) is 9.66. The van der Waals surface area contributed by atoms with Crippen molar-refractivity contribution in [2.45, 2.75) is 12.8 Å². The highest BCUT2D eigenvalue weighted by molar-refractivity contribution is 5.98. The minimum absolute atomic E-state index is 0.177. The predicted octanol–water partition coefficient (Wildman–Crippen LogP) is 1.33. The van der Waals surface area contributed by atoms with E-state index in [1.54, 1.807) is 6.07 Å². The van der Waals surface area contributed by atoms with Crippen LogP contribution in [0.15, 0.2) is 18.3 Å². The largest absolute Gasteiger partial charge is 0.476 e. The second kappa shape index (κ2) is 6.85. The topological polar surface area (TPSA) is 101 Å². The molecule has 0 saturated carbocycles. The Balaban J connectivity index is 1.86. The highest BCUT2D eigenvalue weighted by Crippen LogP contribution is 2.13. The number of rotatable bonds is 4. The number of aromatic carboxylic acids is 1. The fourth-order valence-corrected chi connectivity index (χ4v) is 2.05. The van der Waals surface area contributed by atoms with Crippen LogP contribution < -0.4 is 10.6 Å². The van der Waals surface area contributed by atoms with Crippen LogP contribution in [-0.2, 0) is 4.74 Å². The maximum Gasteiger partial charge on any atom is 0.356 e. The number of carboxylic acids is 1. The number of ether oxygens (including phenoxy) is 1. The molecule has 1 atom stereocenters. The van der Waals surface area contributed by atoms with Crippen molar-refractivity contribution in [3.05, 3.63) is 24.0 Å². The zero-order valence-electron chi connectivity index (χ0n) is 11.0. The Morgan fingerprint density at radius 2 is 2.35 bits per heavy atom. The number of carbonyl (C=O) groups excluding carboxylic acids is 1. The Hall–Kier alpha value is -2.15. The molecule has 3 N–H and O–H groups in total. The maximum absolute atomic E-state index is 11.7. The molecule has 1 aromatic rings. The number of carboxylic acid groups (broad SMARTS) is 1. The summed E-state index contributed by atoms with van der Waals surface area (Å²) >= 11 is 0. The van der Waals surface area contributed by atoms with E-state index >= 15 is 0 Å². The number of nitrogens with one attached hydrogen (secondary N) is 2. The van der Waals surface area contributed by atoms with Crippen LogP contribution in [0.2, 0.25) is 0 Å². The zero-order chi connectivity index (χ0) is 14.4. The number of urea groups is 1. The van der Waals surface area contributed by atoms with Gasteiger partial charge in [0, 0.05) is 19.3 Å². The van der Waals surface area contributed by atoms with Gasteiger partial charge in [0.2, 0.25) is 0 Å². The van der Waals surface area contributed by atoms with Gasteiger partial charge >= 0.3 is 12.0 Å². The molecular formula is C13H17N3O4. The van der Waals surface area contributed by atoms with Gasteiger partial charge in [-0.1, -0.05) is 0 Å². The summed E-state index contributed by atoms with van der Waals surface area (Å²) in [6.07, 6.45) is 3.39. The fourth-order valence-electron chi connectivity index (χ4n) is 2.05. The summed E-state index contributed by atoms with van der Waals surface area (Å²) in [5.41, 5.74) is 0.000967. The van der Waals surface area contributed by atoms with E-state index in [1.807, 2.05) is 0 Å². The van der Waals surface area contributed by atoms with Crippen molar-refractivity contribution < 1.29 is 19.4 Å². The molecule has 2 amide bonds. The van der Waals surface area contributed by atoms with Crippen LogP contribution in [0.5, 0.6) is 0 Å². The Kier molecular flexibility index (Phi) is 4.89. The summed E-state index contributed by atoms with van der Waals surface area (Å²) < 4.78 is 5.32. The fraction of sp³-hybridized carbons (Fsp3) is 0.462. The molecular weight excluding hydrogens is 262 g/mol. The molecule has 0 spiro atoms. The first kappa shape index (κ1) is 14.3. The van der Waals surface area contributed by atoms with Gasteiger partial charge < -0.3 is 20.5 Å². The average molecular weight is 279 g/mol. The molecule has 108 valence electrons. The lowest BCUT2D eigenvalue weighted by Gasteiger charge is -2.22. The zero-order valence-corrected chi connectivity index (χ0v) is 11.0. The van der Waals surface area contributed by atoms with Crippen LogP contribution in [-0.4, -0.2) is 41.8 Å². The van der Waals surface area contributed by atoms with Crippen molar-refractivity contribution in [1.29, 1.82) is 0 Å². The van der Waals surface area contributed by atoms with Crippen molar-refractivity contribution in [3.63, 3.8) is 0 Å². The number of aromatic nitrogens is 1. The molecule has 7 heteroatoms. The summed E-state index contributed by atoms with van der Waals surface area (Å²) in [7, 11) is 0. The van der Waals surface area contributed by atoms with Gasteiger partial charge in [-0.3, -0.25) is 0 Å². The molecule has 1 aromatic heterocycles. The minimum atomic E-state index is -1.18. The first-order valence-electron chi connectivity index (χ1n) is 6.47. The van der Waals surface area contributed by atoms with E-state index in [-0.39, 0.29) is 11.4 Å². The van der Waals surface area contributed by atoms with Crippen molar-refractivity contribution in [3.8, 4) is 0 Å². The van der Waals surface area contributed by atoms with Crippen molar-refractivity contribution in [2.75, 3.05) is 25.1 Å². The van der Waals surface area contributed by atoms with Gasteiger partial charge in [-0.15, -0.1) is 0 Å². The highest BCUT2D eigenvalue weighted by atomic mass is 16.5. The number of hydrogen-bond donors (Lipinski definition) is 3. The standard InChI is InChI=1S/C13H17N3O4/c17-12(18)11-10(4-1-5-14-11)16-13(19)15-7-9-3-2-6-20-8-9/h1,4-5,9H,2-3,6-8H2,(H,17,18)(H2,15,16,19). The van der Waals surface area contributed by atoms with Crippen LogP contribution in [0, 0.1) is 5.92 Å². The molecule has 0 radical (unpaired) electrons. The lowest BCUT2D eigenvalue weighted by atomic mass is 10.0. The van der Waals surface area contributed by atoms with Crippen molar-refractivity contribution in [1.82, 2.24) is 10.3 Å². The SMILES string of the molecule is O=C(NCC1CCCOC1)Nc1cccnc1C(=O)O. The second-order valence-electron chi connectivity index (χ2n) is 4.62. The van der Waals surface area contributed by atoms with Crippen LogP contribution in [0.4, 0.5) is 10.5 Å². The van der Waals surface area contributed by atoms with Gasteiger partial charge in [0.25, 0.3) is 0 Å². The van der Waals surface area contributed by atoms with Crippen LogP contribution in [0.1, 0.15) is 23.3 Å². The molecule has 2 heterocycles. The summed E-state index contributed by atoms with van der Waals surface area (Å²) in [6.45, 7) is 1.93. The molecule has 7 nitrogen and oxygen atoms in total. The summed E-state index contributed by atoms with van der Waals surface area (Å²) in [5.74, 6) is -0.871. The molecule has 0 bridgehead atoms. The van der Waals surface area contributed by atoms with E-state index in [0.717, 1.165) is 19.4 Å². The van der Waals surface area contributed by atoms with E-state index < -0.39 is 12.0 Å². The Bertz CT molecular complexity index is 486.